The first-order valence-electron chi connectivity index (χ1n) is 4.68. The Kier molecular flexibility index (Phi) is 0.669. The van der Waals surface area contributed by atoms with E-state index in [1.165, 1.54) is 6.42 Å². The van der Waals surface area contributed by atoms with Crippen molar-refractivity contribution in [3.05, 3.63) is 0 Å². The summed E-state index contributed by atoms with van der Waals surface area (Å²) in [7, 11) is 0. The Bertz CT molecular complexity index is 186. The molecule has 0 N–H and O–H groups in total. The van der Waals surface area contributed by atoms with E-state index in [0.29, 0.717) is 0 Å². The molecule has 0 amide bonds. The zero-order chi connectivity index (χ0) is 6.98. The molecule has 3 atom stereocenters. The molecule has 3 rings (SSSR count). The van der Waals surface area contributed by atoms with Gasteiger partial charge in [-0.25, -0.2) is 0 Å². The Hall–Kier alpha value is 0. The van der Waals surface area contributed by atoms with Crippen LogP contribution in [0.3, 0.4) is 0 Å². The van der Waals surface area contributed by atoms with Gasteiger partial charge < -0.3 is 0 Å². The van der Waals surface area contributed by atoms with Crippen LogP contribution in [0.1, 0.15) is 39.5 Å². The third kappa shape index (κ3) is 0.339. The van der Waals surface area contributed by atoms with Crippen molar-refractivity contribution in [3.63, 3.8) is 0 Å². The van der Waals surface area contributed by atoms with Crippen molar-refractivity contribution in [1.29, 1.82) is 0 Å². The summed E-state index contributed by atoms with van der Waals surface area (Å²) in [5.41, 5.74) is 1.68. The lowest BCUT2D eigenvalue weighted by Gasteiger charge is -2.47. The summed E-state index contributed by atoms with van der Waals surface area (Å²) >= 11 is 0. The van der Waals surface area contributed by atoms with Gasteiger partial charge in [-0.15, -0.1) is 0 Å². The van der Waals surface area contributed by atoms with Crippen LogP contribution >= 0.6 is 0 Å². The molecule has 3 aliphatic rings. The van der Waals surface area contributed by atoms with Crippen LogP contribution in [0.4, 0.5) is 0 Å². The number of rotatable bonds is 0. The molecule has 0 aromatic rings. The Morgan fingerprint density at radius 2 is 2.00 bits per heavy atom. The minimum atomic E-state index is 0.747. The van der Waals surface area contributed by atoms with E-state index in [9.17, 15) is 0 Å². The molecule has 3 fully saturated rings. The van der Waals surface area contributed by atoms with E-state index < -0.39 is 0 Å². The van der Waals surface area contributed by atoms with E-state index in [1.54, 1.807) is 19.3 Å². The highest BCUT2D eigenvalue weighted by Crippen LogP contribution is 2.84. The molecule has 56 valence electrons. The minimum Gasteiger partial charge on any atom is -0.0593 e. The molecule has 3 saturated carbocycles. The third-order valence-corrected chi connectivity index (χ3v) is 4.74. The van der Waals surface area contributed by atoms with Crippen molar-refractivity contribution in [2.24, 2.45) is 22.7 Å². The molecule has 0 heteroatoms. The quantitative estimate of drug-likeness (QED) is 0.480. The standard InChI is InChI=1S/C10H16/c1-9(2)7-4-3-5-10(7)6-8(9)10/h7-8H,3-6H2,1-2H3. The second kappa shape index (κ2) is 1.19. The first-order chi connectivity index (χ1) is 4.68. The Labute approximate surface area is 63.0 Å². The summed E-state index contributed by atoms with van der Waals surface area (Å²) in [6, 6.07) is 0. The molecule has 0 bridgehead atoms. The number of hydrogen-bond donors (Lipinski definition) is 0. The van der Waals surface area contributed by atoms with E-state index >= 15 is 0 Å². The van der Waals surface area contributed by atoms with E-state index in [2.05, 4.69) is 13.8 Å². The van der Waals surface area contributed by atoms with Gasteiger partial charge in [0.2, 0.25) is 0 Å². The second-order valence-corrected chi connectivity index (χ2v) is 5.26. The van der Waals surface area contributed by atoms with Gasteiger partial charge in [0.15, 0.2) is 0 Å². The van der Waals surface area contributed by atoms with Gasteiger partial charge in [-0.1, -0.05) is 20.3 Å². The van der Waals surface area contributed by atoms with Crippen molar-refractivity contribution >= 4 is 0 Å². The predicted octanol–water partition coefficient (Wildman–Crippen LogP) is 2.83. The van der Waals surface area contributed by atoms with Crippen molar-refractivity contribution in [2.45, 2.75) is 39.5 Å². The van der Waals surface area contributed by atoms with Crippen molar-refractivity contribution in [2.75, 3.05) is 0 Å². The van der Waals surface area contributed by atoms with Gasteiger partial charge in [0, 0.05) is 0 Å². The van der Waals surface area contributed by atoms with E-state index in [4.69, 9.17) is 0 Å². The lowest BCUT2D eigenvalue weighted by Crippen LogP contribution is -2.42. The highest BCUT2D eigenvalue weighted by molar-refractivity contribution is 5.26. The van der Waals surface area contributed by atoms with Crippen LogP contribution in [0.2, 0.25) is 0 Å². The lowest BCUT2D eigenvalue weighted by atomic mass is 9.57. The maximum Gasteiger partial charge on any atom is -0.0227 e. The molecule has 0 aromatic carbocycles. The molecule has 3 unspecified atom stereocenters. The summed E-state index contributed by atoms with van der Waals surface area (Å²) in [4.78, 5) is 0. The fourth-order valence-electron chi connectivity index (χ4n) is 4.34. The Balaban J connectivity index is 2.00. The lowest BCUT2D eigenvalue weighted by molar-refractivity contribution is 0.00374. The van der Waals surface area contributed by atoms with E-state index in [0.717, 1.165) is 22.7 Å². The van der Waals surface area contributed by atoms with Gasteiger partial charge in [0.1, 0.15) is 0 Å². The van der Waals surface area contributed by atoms with Crippen LogP contribution in [0.25, 0.3) is 0 Å². The molecule has 0 saturated heterocycles. The van der Waals surface area contributed by atoms with Gasteiger partial charge in [0.05, 0.1) is 0 Å². The molecule has 0 aromatic heterocycles. The minimum absolute atomic E-state index is 0.747. The average Bonchev–Trinajstić information content (AvgIpc) is 2.31. The molecular weight excluding hydrogens is 120 g/mol. The summed E-state index contributed by atoms with van der Waals surface area (Å²) in [6.45, 7) is 4.97. The summed E-state index contributed by atoms with van der Waals surface area (Å²) in [5.74, 6) is 2.28. The van der Waals surface area contributed by atoms with Crippen molar-refractivity contribution in [1.82, 2.24) is 0 Å². The molecule has 0 aliphatic heterocycles. The molecule has 0 nitrogen and oxygen atoms in total. The van der Waals surface area contributed by atoms with Crippen molar-refractivity contribution in [3.8, 4) is 0 Å². The molecule has 0 radical (unpaired) electrons. The maximum absolute atomic E-state index is 2.49. The van der Waals surface area contributed by atoms with Gasteiger partial charge in [-0.05, 0) is 41.9 Å². The van der Waals surface area contributed by atoms with Crippen LogP contribution in [-0.2, 0) is 0 Å². The summed E-state index contributed by atoms with van der Waals surface area (Å²) in [5, 5.41) is 0. The van der Waals surface area contributed by atoms with Crippen LogP contribution in [-0.4, -0.2) is 0 Å². The van der Waals surface area contributed by atoms with Crippen molar-refractivity contribution < 1.29 is 0 Å². The van der Waals surface area contributed by atoms with Crippen LogP contribution in [0.15, 0.2) is 0 Å². The molecule has 0 heterocycles. The first kappa shape index (κ1) is 5.62. The van der Waals surface area contributed by atoms with Crippen LogP contribution in [0.5, 0.6) is 0 Å². The third-order valence-electron chi connectivity index (χ3n) is 4.74. The highest BCUT2D eigenvalue weighted by Gasteiger charge is 2.77. The highest BCUT2D eigenvalue weighted by atomic mass is 14.8. The predicted molar refractivity (Wildman–Crippen MR) is 41.7 cm³/mol. The Morgan fingerprint density at radius 1 is 1.20 bits per heavy atom. The summed E-state index contributed by atoms with van der Waals surface area (Å²) < 4.78 is 0. The zero-order valence-electron chi connectivity index (χ0n) is 6.98. The molecule has 1 spiro atoms. The van der Waals surface area contributed by atoms with Gasteiger partial charge in [-0.3, -0.25) is 0 Å². The topological polar surface area (TPSA) is 0 Å². The molecule has 10 heavy (non-hydrogen) atoms. The fraction of sp³-hybridized carbons (Fsp3) is 1.00. The SMILES string of the molecule is CC1(C)C2CCCC23CC13. The monoisotopic (exact) mass is 136 g/mol. The zero-order valence-corrected chi connectivity index (χ0v) is 6.98. The van der Waals surface area contributed by atoms with Crippen LogP contribution < -0.4 is 0 Å². The largest absolute Gasteiger partial charge is 0.0593 e. The van der Waals surface area contributed by atoms with Crippen LogP contribution in [0, 0.1) is 22.7 Å². The van der Waals surface area contributed by atoms with E-state index in [1.807, 2.05) is 0 Å². The Morgan fingerprint density at radius 3 is 2.60 bits per heavy atom. The average molecular weight is 136 g/mol. The number of hydrogen-bond acceptors (Lipinski definition) is 0. The fourth-order valence-corrected chi connectivity index (χ4v) is 4.34. The van der Waals surface area contributed by atoms with Gasteiger partial charge >= 0.3 is 0 Å². The normalized spacial score (nSPS) is 60.6. The maximum atomic E-state index is 2.49. The van der Waals surface area contributed by atoms with Gasteiger partial charge in [-0.2, -0.15) is 0 Å². The summed E-state index contributed by atoms with van der Waals surface area (Å²) in [6.07, 6.45) is 6.24. The van der Waals surface area contributed by atoms with E-state index in [-0.39, 0.29) is 0 Å². The second-order valence-electron chi connectivity index (χ2n) is 5.26. The molecule has 3 aliphatic carbocycles. The van der Waals surface area contributed by atoms with Gasteiger partial charge in [0.25, 0.3) is 0 Å². The smallest absolute Gasteiger partial charge is 0.0227 e. The first-order valence-corrected chi connectivity index (χ1v) is 4.68. The molecular formula is C10H16.